The molecular weight excluding hydrogens is 212 g/mol. The van der Waals surface area contributed by atoms with Crippen molar-refractivity contribution in [2.24, 2.45) is 0 Å². The van der Waals surface area contributed by atoms with Crippen molar-refractivity contribution < 1.29 is 9.84 Å². The molecule has 0 amide bonds. The van der Waals surface area contributed by atoms with Crippen molar-refractivity contribution in [1.29, 1.82) is 0 Å². The van der Waals surface area contributed by atoms with Gasteiger partial charge in [0.2, 0.25) is 0 Å². The van der Waals surface area contributed by atoms with E-state index in [0.717, 1.165) is 16.9 Å². The van der Waals surface area contributed by atoms with E-state index in [9.17, 15) is 5.11 Å². The van der Waals surface area contributed by atoms with Crippen LogP contribution in [0, 0.1) is 0 Å². The van der Waals surface area contributed by atoms with Gasteiger partial charge in [0.1, 0.15) is 11.4 Å². The van der Waals surface area contributed by atoms with E-state index in [1.165, 1.54) is 0 Å². The van der Waals surface area contributed by atoms with Gasteiger partial charge in [0, 0.05) is 12.0 Å². The average Bonchev–Trinajstić information content (AvgIpc) is 2.40. The summed E-state index contributed by atoms with van der Waals surface area (Å²) in [5.41, 5.74) is 0.865. The molecule has 2 heteroatoms. The summed E-state index contributed by atoms with van der Waals surface area (Å²) in [4.78, 5) is 0. The van der Waals surface area contributed by atoms with Gasteiger partial charge in [0.25, 0.3) is 0 Å². The van der Waals surface area contributed by atoms with Gasteiger partial charge in [-0.15, -0.1) is 0 Å². The summed E-state index contributed by atoms with van der Waals surface area (Å²) in [6, 6.07) is 17.5. The van der Waals surface area contributed by atoms with Gasteiger partial charge in [-0.2, -0.15) is 0 Å². The number of para-hydroxylation sites is 1. The molecule has 2 aromatic rings. The van der Waals surface area contributed by atoms with E-state index in [1.807, 2.05) is 54.6 Å². The van der Waals surface area contributed by atoms with Gasteiger partial charge in [-0.1, -0.05) is 48.5 Å². The summed E-state index contributed by atoms with van der Waals surface area (Å²) in [7, 11) is 0. The van der Waals surface area contributed by atoms with Crippen LogP contribution in [-0.2, 0) is 5.60 Å². The topological polar surface area (TPSA) is 29.5 Å². The lowest BCUT2D eigenvalue weighted by atomic mass is 9.82. The number of ether oxygens (including phenoxy) is 1. The van der Waals surface area contributed by atoms with Gasteiger partial charge < -0.3 is 9.84 Å². The summed E-state index contributed by atoms with van der Waals surface area (Å²) < 4.78 is 5.58. The molecule has 86 valence electrons. The van der Waals surface area contributed by atoms with E-state index < -0.39 is 5.60 Å². The third-order valence-electron chi connectivity index (χ3n) is 3.31. The minimum Gasteiger partial charge on any atom is -0.493 e. The Morgan fingerprint density at radius 1 is 0.941 bits per heavy atom. The number of aliphatic hydroxyl groups is 1. The SMILES string of the molecule is O[C@@]1(c2ccccc2)CCOc2ccccc21. The van der Waals surface area contributed by atoms with Crippen molar-refractivity contribution in [3.63, 3.8) is 0 Å². The van der Waals surface area contributed by atoms with Crippen molar-refractivity contribution in [2.75, 3.05) is 6.61 Å². The van der Waals surface area contributed by atoms with E-state index in [0.29, 0.717) is 13.0 Å². The van der Waals surface area contributed by atoms with Gasteiger partial charge >= 0.3 is 0 Å². The van der Waals surface area contributed by atoms with E-state index in [-0.39, 0.29) is 0 Å². The van der Waals surface area contributed by atoms with Gasteiger partial charge in [-0.05, 0) is 11.6 Å². The predicted octanol–water partition coefficient (Wildman–Crippen LogP) is 2.71. The molecule has 0 aliphatic carbocycles. The van der Waals surface area contributed by atoms with Crippen LogP contribution in [0.25, 0.3) is 0 Å². The quantitative estimate of drug-likeness (QED) is 0.810. The Hall–Kier alpha value is -1.80. The molecule has 1 atom stereocenters. The fourth-order valence-electron chi connectivity index (χ4n) is 2.39. The summed E-state index contributed by atoms with van der Waals surface area (Å²) in [6.45, 7) is 0.544. The molecule has 1 aliphatic rings. The summed E-state index contributed by atoms with van der Waals surface area (Å²) in [5.74, 6) is 0.783. The van der Waals surface area contributed by atoms with Crippen molar-refractivity contribution in [3.05, 3.63) is 65.7 Å². The maximum atomic E-state index is 10.9. The lowest BCUT2D eigenvalue weighted by Crippen LogP contribution is -2.33. The second-order valence-electron chi connectivity index (χ2n) is 4.32. The maximum Gasteiger partial charge on any atom is 0.125 e. The molecule has 2 nitrogen and oxygen atoms in total. The fourth-order valence-corrected chi connectivity index (χ4v) is 2.39. The Bertz CT molecular complexity index is 521. The fraction of sp³-hybridized carbons (Fsp3) is 0.200. The number of hydrogen-bond donors (Lipinski definition) is 1. The molecule has 0 unspecified atom stereocenters. The highest BCUT2D eigenvalue weighted by Gasteiger charge is 2.36. The van der Waals surface area contributed by atoms with Crippen LogP contribution in [0.3, 0.4) is 0 Å². The average molecular weight is 226 g/mol. The zero-order valence-corrected chi connectivity index (χ0v) is 9.47. The number of hydrogen-bond acceptors (Lipinski definition) is 2. The first kappa shape index (κ1) is 10.4. The third-order valence-corrected chi connectivity index (χ3v) is 3.31. The smallest absolute Gasteiger partial charge is 0.125 e. The number of fused-ring (bicyclic) bond motifs is 1. The molecule has 0 saturated carbocycles. The highest BCUT2D eigenvalue weighted by atomic mass is 16.5. The molecule has 17 heavy (non-hydrogen) atoms. The van der Waals surface area contributed by atoms with Crippen molar-refractivity contribution in [3.8, 4) is 5.75 Å². The molecule has 0 spiro atoms. The van der Waals surface area contributed by atoms with Crippen LogP contribution in [-0.4, -0.2) is 11.7 Å². The maximum absolute atomic E-state index is 10.9. The Morgan fingerprint density at radius 2 is 1.65 bits per heavy atom. The Balaban J connectivity index is 2.16. The third kappa shape index (κ3) is 1.61. The van der Waals surface area contributed by atoms with Gasteiger partial charge in [-0.3, -0.25) is 0 Å². The minimum atomic E-state index is -0.921. The zero-order chi connectivity index (χ0) is 11.7. The second kappa shape index (κ2) is 3.90. The molecule has 0 radical (unpaired) electrons. The lowest BCUT2D eigenvalue weighted by molar-refractivity contribution is 0.0349. The molecule has 0 aromatic heterocycles. The monoisotopic (exact) mass is 226 g/mol. The molecule has 0 bridgehead atoms. The first-order valence-electron chi connectivity index (χ1n) is 5.81. The standard InChI is InChI=1S/C15H14O2/c16-15(12-6-2-1-3-7-12)10-11-17-14-9-5-4-8-13(14)15/h1-9,16H,10-11H2/t15-/m1/s1. The normalized spacial score (nSPS) is 22.6. The molecule has 1 N–H and O–H groups in total. The van der Waals surface area contributed by atoms with Crippen LogP contribution < -0.4 is 4.74 Å². The van der Waals surface area contributed by atoms with Gasteiger partial charge in [-0.25, -0.2) is 0 Å². The van der Waals surface area contributed by atoms with Crippen LogP contribution in [0.15, 0.2) is 54.6 Å². The minimum absolute atomic E-state index is 0.544. The molecule has 3 rings (SSSR count). The van der Waals surface area contributed by atoms with Gasteiger partial charge in [0.15, 0.2) is 0 Å². The van der Waals surface area contributed by atoms with Crippen molar-refractivity contribution in [2.45, 2.75) is 12.0 Å². The highest BCUT2D eigenvalue weighted by molar-refractivity contribution is 5.46. The van der Waals surface area contributed by atoms with E-state index >= 15 is 0 Å². The van der Waals surface area contributed by atoms with E-state index in [1.54, 1.807) is 0 Å². The summed E-state index contributed by atoms with van der Waals surface area (Å²) in [6.07, 6.45) is 0.591. The second-order valence-corrected chi connectivity index (χ2v) is 4.32. The van der Waals surface area contributed by atoms with Crippen LogP contribution in [0.4, 0.5) is 0 Å². The van der Waals surface area contributed by atoms with Crippen molar-refractivity contribution >= 4 is 0 Å². The first-order valence-corrected chi connectivity index (χ1v) is 5.81. The molecule has 2 aromatic carbocycles. The Kier molecular flexibility index (Phi) is 2.37. The molecule has 1 heterocycles. The van der Waals surface area contributed by atoms with Crippen LogP contribution >= 0.6 is 0 Å². The van der Waals surface area contributed by atoms with Gasteiger partial charge in [0.05, 0.1) is 6.61 Å². The summed E-state index contributed by atoms with van der Waals surface area (Å²) in [5, 5.41) is 10.9. The zero-order valence-electron chi connectivity index (χ0n) is 9.47. The highest BCUT2D eigenvalue weighted by Crippen LogP contribution is 2.41. The molecule has 1 aliphatic heterocycles. The van der Waals surface area contributed by atoms with Crippen LogP contribution in [0.5, 0.6) is 5.75 Å². The van der Waals surface area contributed by atoms with E-state index in [2.05, 4.69) is 0 Å². The number of rotatable bonds is 1. The number of benzene rings is 2. The molecule has 0 fully saturated rings. The largest absolute Gasteiger partial charge is 0.493 e. The predicted molar refractivity (Wildman–Crippen MR) is 66.0 cm³/mol. The summed E-state index contributed by atoms with van der Waals surface area (Å²) >= 11 is 0. The Morgan fingerprint density at radius 3 is 2.47 bits per heavy atom. The lowest BCUT2D eigenvalue weighted by Gasteiger charge is -2.34. The first-order chi connectivity index (χ1) is 8.31. The van der Waals surface area contributed by atoms with Crippen LogP contribution in [0.2, 0.25) is 0 Å². The van der Waals surface area contributed by atoms with Crippen LogP contribution in [0.1, 0.15) is 17.5 Å². The van der Waals surface area contributed by atoms with Crippen molar-refractivity contribution in [1.82, 2.24) is 0 Å². The molecule has 0 saturated heterocycles. The van der Waals surface area contributed by atoms with E-state index in [4.69, 9.17) is 4.74 Å². The Labute approximate surface area is 100 Å². The molecular formula is C15H14O2.